The van der Waals surface area contributed by atoms with Gasteiger partial charge in [-0.2, -0.15) is 0 Å². The minimum atomic E-state index is -0.224. The van der Waals surface area contributed by atoms with E-state index < -0.39 is 0 Å². The fourth-order valence-corrected chi connectivity index (χ4v) is 2.96. The predicted octanol–water partition coefficient (Wildman–Crippen LogP) is 4.61. The number of rotatable bonds is 5. The van der Waals surface area contributed by atoms with E-state index in [0.29, 0.717) is 0 Å². The summed E-state index contributed by atoms with van der Waals surface area (Å²) in [5.41, 5.74) is 3.35. The van der Waals surface area contributed by atoms with Gasteiger partial charge in [0.2, 0.25) is 5.91 Å². The van der Waals surface area contributed by atoms with Crippen LogP contribution in [0.15, 0.2) is 66.7 Å². The number of nitrogens with one attached hydrogen (secondary N) is 1. The molecular weight excluding hydrogens is 308 g/mol. The molecule has 0 aliphatic heterocycles. The molecule has 0 spiro atoms. The molecule has 0 saturated carbocycles. The first-order chi connectivity index (χ1) is 12.1. The number of amides is 1. The molecule has 25 heavy (non-hydrogen) atoms. The SMILES string of the molecule is Cc1ccccc1CN(C)C(C)C(=O)Nc1cccc2ccccc12. The number of fused-ring (bicyclic) bond motifs is 1. The Hall–Kier alpha value is -2.65. The monoisotopic (exact) mass is 332 g/mol. The number of benzene rings is 3. The first-order valence-corrected chi connectivity index (χ1v) is 8.59. The highest BCUT2D eigenvalue weighted by atomic mass is 16.2. The average molecular weight is 332 g/mol. The van der Waals surface area contributed by atoms with Crippen LogP contribution in [0.1, 0.15) is 18.1 Å². The third-order valence-corrected chi connectivity index (χ3v) is 4.77. The van der Waals surface area contributed by atoms with E-state index in [1.165, 1.54) is 11.1 Å². The molecule has 0 bridgehead atoms. The van der Waals surface area contributed by atoms with Gasteiger partial charge >= 0.3 is 0 Å². The van der Waals surface area contributed by atoms with E-state index in [-0.39, 0.29) is 11.9 Å². The molecule has 0 heterocycles. The zero-order valence-electron chi connectivity index (χ0n) is 15.0. The van der Waals surface area contributed by atoms with Crippen LogP contribution in [0.3, 0.4) is 0 Å². The Labute approximate surface area is 149 Å². The summed E-state index contributed by atoms with van der Waals surface area (Å²) in [5.74, 6) is 0.00689. The highest BCUT2D eigenvalue weighted by molar-refractivity contribution is 6.03. The van der Waals surface area contributed by atoms with E-state index in [9.17, 15) is 4.79 Å². The Morgan fingerprint density at radius 1 is 1.00 bits per heavy atom. The van der Waals surface area contributed by atoms with Crippen molar-refractivity contribution >= 4 is 22.4 Å². The van der Waals surface area contributed by atoms with Crippen molar-refractivity contribution in [2.45, 2.75) is 26.4 Å². The summed E-state index contributed by atoms with van der Waals surface area (Å²) in [6.07, 6.45) is 0. The highest BCUT2D eigenvalue weighted by Crippen LogP contribution is 2.23. The molecule has 0 aliphatic rings. The topological polar surface area (TPSA) is 32.3 Å². The molecule has 1 amide bonds. The number of likely N-dealkylation sites (N-methyl/N-ethyl adjacent to an activating group) is 1. The molecule has 0 fully saturated rings. The summed E-state index contributed by atoms with van der Waals surface area (Å²) in [6, 6.07) is 22.1. The number of hydrogen-bond acceptors (Lipinski definition) is 2. The molecule has 128 valence electrons. The summed E-state index contributed by atoms with van der Waals surface area (Å²) in [6.45, 7) is 4.79. The Bertz CT molecular complexity index is 883. The maximum atomic E-state index is 12.7. The number of aryl methyl sites for hydroxylation is 1. The van der Waals surface area contributed by atoms with E-state index in [4.69, 9.17) is 0 Å². The fraction of sp³-hybridized carbons (Fsp3) is 0.227. The molecule has 3 nitrogen and oxygen atoms in total. The van der Waals surface area contributed by atoms with Gasteiger partial charge in [-0.05, 0) is 43.5 Å². The molecule has 3 rings (SSSR count). The van der Waals surface area contributed by atoms with E-state index in [1.807, 2.05) is 56.4 Å². The average Bonchev–Trinajstić information content (AvgIpc) is 2.63. The van der Waals surface area contributed by atoms with Crippen LogP contribution >= 0.6 is 0 Å². The number of carbonyl (C=O) groups is 1. The lowest BCUT2D eigenvalue weighted by Crippen LogP contribution is -2.39. The van der Waals surface area contributed by atoms with Gasteiger partial charge < -0.3 is 5.32 Å². The molecule has 0 aliphatic carbocycles. The van der Waals surface area contributed by atoms with Gasteiger partial charge in [-0.25, -0.2) is 0 Å². The first-order valence-electron chi connectivity index (χ1n) is 8.59. The van der Waals surface area contributed by atoms with E-state index in [1.54, 1.807) is 0 Å². The lowest BCUT2D eigenvalue weighted by molar-refractivity contribution is -0.120. The van der Waals surface area contributed by atoms with Gasteiger partial charge in [-0.3, -0.25) is 9.69 Å². The van der Waals surface area contributed by atoms with Crippen molar-refractivity contribution in [2.75, 3.05) is 12.4 Å². The molecule has 0 saturated heterocycles. The van der Waals surface area contributed by atoms with Crippen molar-refractivity contribution in [1.82, 2.24) is 4.90 Å². The Kier molecular flexibility index (Phi) is 5.15. The van der Waals surface area contributed by atoms with Crippen molar-refractivity contribution in [3.05, 3.63) is 77.9 Å². The van der Waals surface area contributed by atoms with Crippen molar-refractivity contribution in [3.8, 4) is 0 Å². The van der Waals surface area contributed by atoms with Gasteiger partial charge in [0.15, 0.2) is 0 Å². The minimum Gasteiger partial charge on any atom is -0.324 e. The van der Waals surface area contributed by atoms with E-state index in [0.717, 1.165) is 23.0 Å². The normalized spacial score (nSPS) is 12.3. The quantitative estimate of drug-likeness (QED) is 0.740. The summed E-state index contributed by atoms with van der Waals surface area (Å²) in [5, 5.41) is 5.27. The molecular formula is C22H24N2O. The van der Waals surface area contributed by atoms with E-state index in [2.05, 4.69) is 41.4 Å². The second-order valence-electron chi connectivity index (χ2n) is 6.53. The second kappa shape index (κ2) is 7.49. The maximum absolute atomic E-state index is 12.7. The number of hydrogen-bond donors (Lipinski definition) is 1. The van der Waals surface area contributed by atoms with Crippen molar-refractivity contribution in [1.29, 1.82) is 0 Å². The van der Waals surface area contributed by atoms with Crippen LogP contribution in [0.5, 0.6) is 0 Å². The Morgan fingerprint density at radius 2 is 1.68 bits per heavy atom. The van der Waals surface area contributed by atoms with Crippen LogP contribution in [-0.2, 0) is 11.3 Å². The molecule has 1 N–H and O–H groups in total. The van der Waals surface area contributed by atoms with Gasteiger partial charge in [0.25, 0.3) is 0 Å². The number of nitrogens with zero attached hydrogens (tertiary/aromatic N) is 1. The summed E-state index contributed by atoms with van der Waals surface area (Å²) in [4.78, 5) is 14.8. The molecule has 1 unspecified atom stereocenters. The fourth-order valence-electron chi connectivity index (χ4n) is 2.96. The lowest BCUT2D eigenvalue weighted by atomic mass is 10.1. The zero-order chi connectivity index (χ0) is 17.8. The van der Waals surface area contributed by atoms with Crippen LogP contribution in [-0.4, -0.2) is 23.9 Å². The first kappa shape index (κ1) is 17.2. The largest absolute Gasteiger partial charge is 0.324 e. The summed E-state index contributed by atoms with van der Waals surface area (Å²) in [7, 11) is 1.99. The smallest absolute Gasteiger partial charge is 0.241 e. The van der Waals surface area contributed by atoms with Gasteiger partial charge in [-0.15, -0.1) is 0 Å². The van der Waals surface area contributed by atoms with Gasteiger partial charge in [0.05, 0.1) is 6.04 Å². The third-order valence-electron chi connectivity index (χ3n) is 4.77. The van der Waals surface area contributed by atoms with Gasteiger partial charge in [0, 0.05) is 17.6 Å². The van der Waals surface area contributed by atoms with Crippen molar-refractivity contribution in [2.24, 2.45) is 0 Å². The predicted molar refractivity (Wildman–Crippen MR) is 105 cm³/mol. The summed E-state index contributed by atoms with van der Waals surface area (Å²) >= 11 is 0. The Balaban J connectivity index is 1.73. The molecule has 0 aromatic heterocycles. The van der Waals surface area contributed by atoms with Crippen LogP contribution < -0.4 is 5.32 Å². The van der Waals surface area contributed by atoms with Crippen molar-refractivity contribution < 1.29 is 4.79 Å². The molecule has 3 aromatic carbocycles. The van der Waals surface area contributed by atoms with Crippen LogP contribution in [0.2, 0.25) is 0 Å². The standard InChI is InChI=1S/C22H24N2O/c1-16-9-4-5-11-19(16)15-24(3)17(2)22(25)23-21-14-8-12-18-10-6-7-13-20(18)21/h4-14,17H,15H2,1-3H3,(H,23,25). The Morgan fingerprint density at radius 3 is 2.48 bits per heavy atom. The molecule has 3 aromatic rings. The number of carbonyl (C=O) groups excluding carboxylic acids is 1. The van der Waals surface area contributed by atoms with Crippen LogP contribution in [0.25, 0.3) is 10.8 Å². The second-order valence-corrected chi connectivity index (χ2v) is 6.53. The minimum absolute atomic E-state index is 0.00689. The van der Waals surface area contributed by atoms with Crippen molar-refractivity contribution in [3.63, 3.8) is 0 Å². The maximum Gasteiger partial charge on any atom is 0.241 e. The summed E-state index contributed by atoms with van der Waals surface area (Å²) < 4.78 is 0. The van der Waals surface area contributed by atoms with Crippen LogP contribution in [0, 0.1) is 6.92 Å². The molecule has 0 radical (unpaired) electrons. The van der Waals surface area contributed by atoms with Gasteiger partial charge in [-0.1, -0.05) is 60.7 Å². The molecule has 1 atom stereocenters. The highest BCUT2D eigenvalue weighted by Gasteiger charge is 2.19. The lowest BCUT2D eigenvalue weighted by Gasteiger charge is -2.25. The zero-order valence-corrected chi connectivity index (χ0v) is 15.0. The number of anilines is 1. The van der Waals surface area contributed by atoms with Gasteiger partial charge in [0.1, 0.15) is 0 Å². The van der Waals surface area contributed by atoms with Crippen LogP contribution in [0.4, 0.5) is 5.69 Å². The molecule has 3 heteroatoms. The third kappa shape index (κ3) is 3.89. The van der Waals surface area contributed by atoms with E-state index >= 15 is 0 Å².